The fourth-order valence-corrected chi connectivity index (χ4v) is 3.25. The number of hydrogen-bond donors (Lipinski definition) is 1. The Morgan fingerprint density at radius 1 is 1.35 bits per heavy atom. The van der Waals surface area contributed by atoms with Crippen molar-refractivity contribution in [2.45, 2.75) is 6.42 Å². The lowest BCUT2D eigenvalue weighted by atomic mass is 10.1. The summed E-state index contributed by atoms with van der Waals surface area (Å²) in [6.45, 7) is 1.05. The number of hydrogen-bond acceptors (Lipinski definition) is 4. The van der Waals surface area contributed by atoms with Crippen molar-refractivity contribution in [3.63, 3.8) is 0 Å². The highest BCUT2D eigenvalue weighted by Crippen LogP contribution is 2.29. The van der Waals surface area contributed by atoms with Crippen LogP contribution < -0.4 is 5.32 Å². The van der Waals surface area contributed by atoms with Crippen LogP contribution in [0.3, 0.4) is 0 Å². The van der Waals surface area contributed by atoms with E-state index in [9.17, 15) is 14.4 Å². The molecule has 26 heavy (non-hydrogen) atoms. The van der Waals surface area contributed by atoms with Gasteiger partial charge in [-0.15, -0.1) is 0 Å². The van der Waals surface area contributed by atoms with Gasteiger partial charge in [0.15, 0.2) is 0 Å². The fraction of sp³-hybridized carbons (Fsp3) is 0.471. The van der Waals surface area contributed by atoms with Crippen molar-refractivity contribution in [3.05, 3.63) is 28.2 Å². The minimum absolute atomic E-state index is 0.0823. The van der Waals surface area contributed by atoms with Gasteiger partial charge in [-0.3, -0.25) is 14.4 Å². The summed E-state index contributed by atoms with van der Waals surface area (Å²) in [5.74, 6) is -1.21. The first-order valence-corrected chi connectivity index (χ1v) is 8.84. The zero-order chi connectivity index (χ0) is 19.3. The molecule has 0 radical (unpaired) electrons. The number of halogens is 2. The largest absolute Gasteiger partial charge is 0.383 e. The lowest BCUT2D eigenvalue weighted by molar-refractivity contribution is -0.137. The van der Waals surface area contributed by atoms with Crippen LogP contribution in [-0.4, -0.2) is 67.9 Å². The van der Waals surface area contributed by atoms with Crippen molar-refractivity contribution < 1.29 is 19.1 Å². The van der Waals surface area contributed by atoms with Gasteiger partial charge in [0, 0.05) is 33.7 Å². The number of carbonyl (C=O) groups is 3. The number of nitrogens with zero attached hydrogens (tertiary/aromatic N) is 2. The normalized spacial score (nSPS) is 16.7. The Labute approximate surface area is 162 Å². The number of ether oxygens (including phenoxy) is 1. The molecule has 1 fully saturated rings. The Balaban J connectivity index is 1.91. The van der Waals surface area contributed by atoms with Crippen LogP contribution in [-0.2, 0) is 19.1 Å². The van der Waals surface area contributed by atoms with E-state index in [1.54, 1.807) is 30.2 Å². The Morgan fingerprint density at radius 3 is 2.62 bits per heavy atom. The van der Waals surface area contributed by atoms with E-state index < -0.39 is 11.8 Å². The van der Waals surface area contributed by atoms with Gasteiger partial charge >= 0.3 is 0 Å². The summed E-state index contributed by atoms with van der Waals surface area (Å²) in [5.41, 5.74) is 0.309. The summed E-state index contributed by atoms with van der Waals surface area (Å²) in [7, 11) is 3.08. The Bertz CT molecular complexity index is 678. The molecule has 1 unspecified atom stereocenters. The molecule has 3 amide bonds. The van der Waals surface area contributed by atoms with Crippen molar-refractivity contribution in [1.29, 1.82) is 0 Å². The van der Waals surface area contributed by atoms with Crippen LogP contribution in [0.25, 0.3) is 0 Å². The van der Waals surface area contributed by atoms with Crippen LogP contribution in [0.4, 0.5) is 5.69 Å². The topological polar surface area (TPSA) is 79.0 Å². The van der Waals surface area contributed by atoms with Crippen LogP contribution in [0.5, 0.6) is 0 Å². The van der Waals surface area contributed by atoms with Gasteiger partial charge in [0.05, 0.1) is 34.8 Å². The van der Waals surface area contributed by atoms with Gasteiger partial charge in [-0.2, -0.15) is 0 Å². The summed E-state index contributed by atoms with van der Waals surface area (Å²) >= 11 is 12.0. The van der Waals surface area contributed by atoms with Crippen molar-refractivity contribution in [1.82, 2.24) is 9.80 Å². The molecule has 1 saturated heterocycles. The number of rotatable bonds is 7. The van der Waals surface area contributed by atoms with E-state index in [4.69, 9.17) is 27.9 Å². The Hall–Kier alpha value is -1.83. The number of amides is 3. The summed E-state index contributed by atoms with van der Waals surface area (Å²) in [6.07, 6.45) is 0.144. The molecule has 0 bridgehead atoms. The van der Waals surface area contributed by atoms with E-state index in [1.807, 2.05) is 0 Å². The molecule has 0 aliphatic carbocycles. The molecule has 0 aromatic heterocycles. The number of carbonyl (C=O) groups excluding carboxylic acids is 3. The number of para-hydroxylation sites is 1. The molecule has 7 nitrogen and oxygen atoms in total. The molecule has 1 atom stereocenters. The molecule has 1 heterocycles. The maximum atomic E-state index is 12.5. The lowest BCUT2D eigenvalue weighted by Gasteiger charge is -2.21. The summed E-state index contributed by atoms with van der Waals surface area (Å²) in [6, 6.07) is 4.88. The van der Waals surface area contributed by atoms with Crippen LogP contribution in [0.1, 0.15) is 6.42 Å². The first-order chi connectivity index (χ1) is 12.3. The zero-order valence-electron chi connectivity index (χ0n) is 14.6. The third kappa shape index (κ3) is 5.09. The minimum Gasteiger partial charge on any atom is -0.383 e. The van der Waals surface area contributed by atoms with Crippen LogP contribution in [0.2, 0.25) is 10.0 Å². The molecular weight excluding hydrogens is 381 g/mol. The highest BCUT2D eigenvalue weighted by atomic mass is 35.5. The van der Waals surface area contributed by atoms with Crippen molar-refractivity contribution >= 4 is 46.6 Å². The smallest absolute Gasteiger partial charge is 0.244 e. The Kier molecular flexibility index (Phi) is 7.25. The van der Waals surface area contributed by atoms with Gasteiger partial charge in [-0.1, -0.05) is 29.3 Å². The van der Waals surface area contributed by atoms with E-state index in [-0.39, 0.29) is 24.8 Å². The lowest BCUT2D eigenvalue weighted by Crippen LogP contribution is -2.39. The summed E-state index contributed by atoms with van der Waals surface area (Å²) < 4.78 is 4.96. The van der Waals surface area contributed by atoms with Crippen molar-refractivity contribution in [3.8, 4) is 0 Å². The quantitative estimate of drug-likeness (QED) is 0.756. The number of methoxy groups -OCH3 is 1. The first-order valence-electron chi connectivity index (χ1n) is 8.09. The second-order valence-electron chi connectivity index (χ2n) is 6.07. The SMILES string of the molecule is COCCN1CC(C(=O)N(C)CC(=O)Nc2c(Cl)cccc2Cl)CC1=O. The van der Waals surface area contributed by atoms with E-state index in [0.717, 1.165) is 0 Å². The van der Waals surface area contributed by atoms with E-state index >= 15 is 0 Å². The second kappa shape index (κ2) is 9.21. The highest BCUT2D eigenvalue weighted by Gasteiger charge is 2.35. The van der Waals surface area contributed by atoms with Gasteiger partial charge in [-0.05, 0) is 12.1 Å². The number of nitrogens with one attached hydrogen (secondary N) is 1. The van der Waals surface area contributed by atoms with Crippen LogP contribution in [0, 0.1) is 5.92 Å². The maximum Gasteiger partial charge on any atom is 0.244 e. The van der Waals surface area contributed by atoms with Gasteiger partial charge < -0.3 is 19.9 Å². The van der Waals surface area contributed by atoms with Gasteiger partial charge in [0.1, 0.15) is 0 Å². The molecule has 1 aromatic rings. The molecule has 1 N–H and O–H groups in total. The monoisotopic (exact) mass is 401 g/mol. The predicted molar refractivity (Wildman–Crippen MR) is 99.3 cm³/mol. The minimum atomic E-state index is -0.457. The second-order valence-corrected chi connectivity index (χ2v) is 6.89. The summed E-state index contributed by atoms with van der Waals surface area (Å²) in [5, 5.41) is 3.24. The predicted octanol–water partition coefficient (Wildman–Crippen LogP) is 1.89. The molecule has 0 saturated carbocycles. The van der Waals surface area contributed by atoms with E-state index in [1.165, 1.54) is 11.9 Å². The average Bonchev–Trinajstić information content (AvgIpc) is 2.96. The Morgan fingerprint density at radius 2 is 2.00 bits per heavy atom. The van der Waals surface area contributed by atoms with Crippen molar-refractivity contribution in [2.24, 2.45) is 5.92 Å². The molecule has 2 rings (SSSR count). The highest BCUT2D eigenvalue weighted by molar-refractivity contribution is 6.39. The molecular formula is C17H21Cl2N3O4. The third-order valence-electron chi connectivity index (χ3n) is 4.11. The number of likely N-dealkylation sites (tertiary alicyclic amines) is 1. The van der Waals surface area contributed by atoms with E-state index in [2.05, 4.69) is 5.32 Å². The van der Waals surface area contributed by atoms with Crippen LogP contribution in [0.15, 0.2) is 18.2 Å². The maximum absolute atomic E-state index is 12.5. The van der Waals surface area contributed by atoms with Crippen molar-refractivity contribution in [2.75, 3.05) is 45.7 Å². The molecule has 1 aliphatic rings. The van der Waals surface area contributed by atoms with Gasteiger partial charge in [0.25, 0.3) is 0 Å². The number of anilines is 1. The van der Waals surface area contributed by atoms with Gasteiger partial charge in [0.2, 0.25) is 17.7 Å². The average molecular weight is 402 g/mol. The van der Waals surface area contributed by atoms with E-state index in [0.29, 0.717) is 35.4 Å². The molecule has 1 aromatic carbocycles. The fourth-order valence-electron chi connectivity index (χ4n) is 2.76. The molecule has 142 valence electrons. The standard InChI is InChI=1S/C17H21Cl2N3O4/c1-21(10-14(23)20-16-12(18)4-3-5-13(16)19)17(25)11-8-15(24)22(9-11)6-7-26-2/h3-5,11H,6-10H2,1-2H3,(H,20,23). The molecule has 9 heteroatoms. The zero-order valence-corrected chi connectivity index (χ0v) is 16.1. The van der Waals surface area contributed by atoms with Gasteiger partial charge in [-0.25, -0.2) is 0 Å². The third-order valence-corrected chi connectivity index (χ3v) is 4.74. The number of benzene rings is 1. The molecule has 0 spiro atoms. The summed E-state index contributed by atoms with van der Waals surface area (Å²) in [4.78, 5) is 39.6. The number of likely N-dealkylation sites (N-methyl/N-ethyl adjacent to an activating group) is 1. The first kappa shape index (κ1) is 20.5. The van der Waals surface area contributed by atoms with Crippen LogP contribution >= 0.6 is 23.2 Å². The molecule has 1 aliphatic heterocycles.